The van der Waals surface area contributed by atoms with Crippen molar-refractivity contribution in [3.05, 3.63) is 187 Å². The van der Waals surface area contributed by atoms with Crippen LogP contribution >= 0.6 is 0 Å². The average Bonchev–Trinajstić information content (AvgIpc) is 3.86. The van der Waals surface area contributed by atoms with Gasteiger partial charge in [-0.2, -0.15) is 0 Å². The molecule has 0 fully saturated rings. The van der Waals surface area contributed by atoms with E-state index in [1.54, 1.807) is 0 Å². The number of fused-ring (bicyclic) bond motifs is 11. The van der Waals surface area contributed by atoms with E-state index in [0.29, 0.717) is 0 Å². The minimum Gasteiger partial charge on any atom is -0.295 e. The second kappa shape index (κ2) is 12.1. The lowest BCUT2D eigenvalue weighted by Gasteiger charge is -2.13. The average molecular weight is 715 g/mol. The zero-order valence-electron chi connectivity index (χ0n) is 30.5. The Labute approximate surface area is 323 Å². The van der Waals surface area contributed by atoms with Crippen LogP contribution in [0.15, 0.2) is 176 Å². The van der Waals surface area contributed by atoms with Crippen LogP contribution in [0.1, 0.15) is 17.8 Å². The summed E-state index contributed by atoms with van der Waals surface area (Å²) in [5, 5.41) is 8.55. The number of para-hydroxylation sites is 4. The van der Waals surface area contributed by atoms with Crippen molar-refractivity contribution < 1.29 is 0 Å². The van der Waals surface area contributed by atoms with E-state index in [0.717, 1.165) is 52.3 Å². The lowest BCUT2D eigenvalue weighted by molar-refractivity contribution is 0.921. The smallest absolute Gasteiger partial charge is 0.146 e. The maximum absolute atomic E-state index is 5.19. The fraction of sp³-hybridized carbons (Fsp3) is 0.0385. The second-order valence-corrected chi connectivity index (χ2v) is 15.0. The Bertz CT molecular complexity index is 3420. The number of hydrogen-bond acceptors (Lipinski definition) is 2. The van der Waals surface area contributed by atoms with Crippen molar-refractivity contribution in [2.24, 2.45) is 0 Å². The molecule has 0 saturated heterocycles. The fourth-order valence-electron chi connectivity index (χ4n) is 8.97. The first-order chi connectivity index (χ1) is 27.7. The summed E-state index contributed by atoms with van der Waals surface area (Å²) in [6.07, 6.45) is 6.49. The third kappa shape index (κ3) is 4.79. The van der Waals surface area contributed by atoms with Gasteiger partial charge in [0, 0.05) is 22.0 Å². The Morgan fingerprint density at radius 1 is 0.446 bits per heavy atom. The molecule has 1 aliphatic rings. The first kappa shape index (κ1) is 31.1. The van der Waals surface area contributed by atoms with Crippen LogP contribution < -0.4 is 0 Å². The summed E-state index contributed by atoms with van der Waals surface area (Å²) in [7, 11) is 0. The lowest BCUT2D eigenvalue weighted by Crippen LogP contribution is -1.99. The van der Waals surface area contributed by atoms with Gasteiger partial charge in [0.2, 0.25) is 0 Å². The molecule has 4 heteroatoms. The summed E-state index contributed by atoms with van der Waals surface area (Å²) in [5.41, 5.74) is 13.8. The monoisotopic (exact) mass is 714 g/mol. The number of rotatable bonds is 4. The highest BCUT2D eigenvalue weighted by Crippen LogP contribution is 2.37. The Kier molecular flexibility index (Phi) is 6.72. The van der Waals surface area contributed by atoms with Crippen LogP contribution in [-0.4, -0.2) is 18.9 Å². The van der Waals surface area contributed by atoms with E-state index >= 15 is 0 Å². The minimum atomic E-state index is 0.945. The van der Waals surface area contributed by atoms with E-state index in [4.69, 9.17) is 9.97 Å². The fourth-order valence-corrected chi connectivity index (χ4v) is 8.97. The van der Waals surface area contributed by atoms with E-state index in [1.807, 2.05) is 0 Å². The molecule has 262 valence electrons. The predicted molar refractivity (Wildman–Crippen MR) is 234 cm³/mol. The molecule has 1 aliphatic carbocycles. The van der Waals surface area contributed by atoms with Crippen LogP contribution in [0.5, 0.6) is 0 Å². The molecule has 0 atom stereocenters. The third-order valence-electron chi connectivity index (χ3n) is 11.7. The van der Waals surface area contributed by atoms with Crippen LogP contribution in [0.4, 0.5) is 0 Å². The molecule has 4 nitrogen and oxygen atoms in total. The number of nitrogens with zero attached hydrogens (tertiary/aromatic N) is 4. The summed E-state index contributed by atoms with van der Waals surface area (Å²) < 4.78 is 4.66. The van der Waals surface area contributed by atoms with Crippen LogP contribution in [0.2, 0.25) is 0 Å². The number of hydrogen-bond donors (Lipinski definition) is 0. The van der Waals surface area contributed by atoms with Crippen molar-refractivity contribution in [1.29, 1.82) is 0 Å². The number of aryl methyl sites for hydroxylation is 1. The molecule has 12 rings (SSSR count). The van der Waals surface area contributed by atoms with Crippen molar-refractivity contribution in [1.82, 2.24) is 18.9 Å². The van der Waals surface area contributed by atoms with Crippen LogP contribution in [0.25, 0.3) is 105 Å². The summed E-state index contributed by atoms with van der Waals surface area (Å²) >= 11 is 0. The van der Waals surface area contributed by atoms with Crippen molar-refractivity contribution in [2.45, 2.75) is 12.8 Å². The van der Waals surface area contributed by atoms with Gasteiger partial charge in [0.05, 0.1) is 27.9 Å². The molecule has 56 heavy (non-hydrogen) atoms. The summed E-state index contributed by atoms with van der Waals surface area (Å²) in [6.45, 7) is 0. The lowest BCUT2D eigenvalue weighted by atomic mass is 9.95. The number of pyridine rings is 1. The van der Waals surface area contributed by atoms with Gasteiger partial charge in [-0.3, -0.25) is 8.97 Å². The zero-order chi connectivity index (χ0) is 36.7. The van der Waals surface area contributed by atoms with Gasteiger partial charge in [-0.1, -0.05) is 115 Å². The van der Waals surface area contributed by atoms with E-state index in [9.17, 15) is 0 Å². The zero-order valence-corrected chi connectivity index (χ0v) is 30.5. The van der Waals surface area contributed by atoms with Crippen molar-refractivity contribution in [3.8, 4) is 39.3 Å². The van der Waals surface area contributed by atoms with Crippen LogP contribution in [-0.2, 0) is 6.42 Å². The van der Waals surface area contributed by atoms with Gasteiger partial charge in [-0.25, -0.2) is 9.97 Å². The highest BCUT2D eigenvalue weighted by atomic mass is 15.1. The van der Waals surface area contributed by atoms with Crippen LogP contribution in [0, 0.1) is 0 Å². The van der Waals surface area contributed by atoms with E-state index < -0.39 is 0 Å². The molecule has 0 aliphatic heterocycles. The second-order valence-electron chi connectivity index (χ2n) is 15.0. The quantitative estimate of drug-likeness (QED) is 0.170. The molecule has 0 unspecified atom stereocenters. The molecular formula is C52H34N4. The number of imidazole rings is 2. The molecule has 0 saturated carbocycles. The van der Waals surface area contributed by atoms with E-state index in [-0.39, 0.29) is 0 Å². The van der Waals surface area contributed by atoms with Crippen molar-refractivity contribution >= 4 is 66.0 Å². The molecule has 0 N–H and O–H groups in total. The van der Waals surface area contributed by atoms with Gasteiger partial charge < -0.3 is 0 Å². The Morgan fingerprint density at radius 3 is 1.77 bits per heavy atom. The SMILES string of the molecule is C1=Cc2nc3c4cc(-c5ccc6cc(-c7ccc8cc(-c9nc%10ccccc%10n9-c9ccccc9)ccc8c7)ccc6c5)ccc4c4ccccc4n3c2CC1. The predicted octanol–water partition coefficient (Wildman–Crippen LogP) is 13.2. The molecule has 0 spiro atoms. The van der Waals surface area contributed by atoms with Crippen molar-refractivity contribution in [2.75, 3.05) is 0 Å². The number of benzene rings is 8. The Morgan fingerprint density at radius 2 is 1.04 bits per heavy atom. The molecule has 8 aromatic carbocycles. The molecule has 3 heterocycles. The molecule has 0 amide bonds. The third-order valence-corrected chi connectivity index (χ3v) is 11.7. The summed E-state index contributed by atoms with van der Waals surface area (Å²) in [6, 6.07) is 61.6. The standard InChI is InChI=1S/C52H34N4/c1-2-10-42(11-3-1)55-49-16-8-5-13-46(49)53-51(55)41-25-24-37-29-35(21-23-39(37)31-41)33-18-19-36-30-38(22-20-34(36)28-33)40-26-27-43-44-12-4-7-15-48(44)56-50-17-9-6-14-47(50)54-52(56)45(43)32-40/h1-8,10-16,18-32H,9,17H2. The number of allylic oxidation sites excluding steroid dienone is 1. The first-order valence-electron chi connectivity index (χ1n) is 19.4. The topological polar surface area (TPSA) is 35.1 Å². The Hall–Kier alpha value is -7.30. The first-order valence-corrected chi connectivity index (χ1v) is 19.4. The van der Waals surface area contributed by atoms with Gasteiger partial charge in [-0.15, -0.1) is 0 Å². The van der Waals surface area contributed by atoms with Gasteiger partial charge in [0.15, 0.2) is 0 Å². The van der Waals surface area contributed by atoms with E-state index in [1.165, 1.54) is 71.2 Å². The van der Waals surface area contributed by atoms with Crippen molar-refractivity contribution in [3.63, 3.8) is 0 Å². The summed E-state index contributed by atoms with van der Waals surface area (Å²) in [5.74, 6) is 0.945. The molecule has 3 aromatic heterocycles. The Balaban J connectivity index is 0.899. The molecule has 0 bridgehead atoms. The van der Waals surface area contributed by atoms with Crippen LogP contribution in [0.3, 0.4) is 0 Å². The van der Waals surface area contributed by atoms with Gasteiger partial charge in [0.25, 0.3) is 0 Å². The molecule has 11 aromatic rings. The van der Waals surface area contributed by atoms with Gasteiger partial charge in [-0.05, 0) is 129 Å². The van der Waals surface area contributed by atoms with Gasteiger partial charge >= 0.3 is 0 Å². The number of aromatic nitrogens is 4. The highest BCUT2D eigenvalue weighted by Gasteiger charge is 2.19. The van der Waals surface area contributed by atoms with E-state index in [2.05, 4.69) is 191 Å². The maximum atomic E-state index is 5.19. The normalized spacial score (nSPS) is 12.8. The molecule has 0 radical (unpaired) electrons. The minimum absolute atomic E-state index is 0.945. The molecular weight excluding hydrogens is 681 g/mol. The highest BCUT2D eigenvalue weighted by molar-refractivity contribution is 6.13. The van der Waals surface area contributed by atoms with Gasteiger partial charge in [0.1, 0.15) is 11.5 Å². The summed E-state index contributed by atoms with van der Waals surface area (Å²) in [4.78, 5) is 10.3. The maximum Gasteiger partial charge on any atom is 0.146 e. The largest absolute Gasteiger partial charge is 0.295 e.